The van der Waals surface area contributed by atoms with E-state index in [1.807, 2.05) is 6.19 Å². The highest BCUT2D eigenvalue weighted by Crippen LogP contribution is 2.29. The average molecular weight is 231 g/mol. The number of hydrogen-bond acceptors (Lipinski definition) is 2. The minimum Gasteiger partial charge on any atom is -0.292 e. The second-order valence-electron chi connectivity index (χ2n) is 1.84. The van der Waals surface area contributed by atoms with Gasteiger partial charge in [0.2, 0.25) is 0 Å². The molecule has 11 heavy (non-hydrogen) atoms. The van der Waals surface area contributed by atoms with Gasteiger partial charge in [-0.1, -0.05) is 17.7 Å². The van der Waals surface area contributed by atoms with Crippen LogP contribution in [-0.2, 0) is 0 Å². The Morgan fingerprint density at radius 2 is 2.27 bits per heavy atom. The minimum absolute atomic E-state index is 0.588. The fourth-order valence-electron chi connectivity index (χ4n) is 0.661. The molecule has 0 amide bonds. The molecule has 2 nitrogen and oxygen atoms in total. The summed E-state index contributed by atoms with van der Waals surface area (Å²) in [7, 11) is 0. The van der Waals surface area contributed by atoms with E-state index in [2.05, 4.69) is 21.2 Å². The maximum absolute atomic E-state index is 8.31. The number of benzene rings is 1. The number of anilines is 1. The van der Waals surface area contributed by atoms with Crippen LogP contribution in [0, 0.1) is 11.5 Å². The Bertz CT molecular complexity index is 306. The number of nitrogens with one attached hydrogen (secondary N) is 1. The molecule has 0 aromatic heterocycles. The molecule has 0 aliphatic rings. The summed E-state index contributed by atoms with van der Waals surface area (Å²) in [6.07, 6.45) is 1.81. The van der Waals surface area contributed by atoms with Crippen molar-refractivity contribution in [2.45, 2.75) is 0 Å². The minimum atomic E-state index is 0.588. The lowest BCUT2D eigenvalue weighted by Gasteiger charge is -2.01. The number of hydrogen-bond donors (Lipinski definition) is 1. The quantitative estimate of drug-likeness (QED) is 0.596. The van der Waals surface area contributed by atoms with Gasteiger partial charge in [0, 0.05) is 0 Å². The SMILES string of the molecule is N#CNc1cccc(Cl)c1Br. The molecular weight excluding hydrogens is 227 g/mol. The highest BCUT2D eigenvalue weighted by atomic mass is 79.9. The maximum Gasteiger partial charge on any atom is 0.181 e. The van der Waals surface area contributed by atoms with Crippen molar-refractivity contribution in [1.82, 2.24) is 0 Å². The number of halogens is 2. The lowest BCUT2D eigenvalue weighted by Crippen LogP contribution is -1.87. The topological polar surface area (TPSA) is 35.8 Å². The molecule has 56 valence electrons. The first-order valence-corrected chi connectivity index (χ1v) is 4.02. The van der Waals surface area contributed by atoms with Crippen molar-refractivity contribution in [3.8, 4) is 6.19 Å². The lowest BCUT2D eigenvalue weighted by atomic mass is 10.3. The molecule has 0 bridgehead atoms. The van der Waals surface area contributed by atoms with E-state index < -0.39 is 0 Å². The summed E-state index contributed by atoms with van der Waals surface area (Å²) in [6.45, 7) is 0. The van der Waals surface area contributed by atoms with Crippen LogP contribution in [0.15, 0.2) is 22.7 Å². The van der Waals surface area contributed by atoms with E-state index in [-0.39, 0.29) is 0 Å². The number of rotatable bonds is 1. The van der Waals surface area contributed by atoms with E-state index in [9.17, 15) is 0 Å². The van der Waals surface area contributed by atoms with Crippen LogP contribution >= 0.6 is 27.5 Å². The zero-order valence-electron chi connectivity index (χ0n) is 5.44. The third-order valence-corrected chi connectivity index (χ3v) is 2.54. The van der Waals surface area contributed by atoms with Gasteiger partial charge in [0.05, 0.1) is 15.2 Å². The number of nitriles is 1. The molecule has 4 heteroatoms. The van der Waals surface area contributed by atoms with Gasteiger partial charge in [-0.25, -0.2) is 0 Å². The third kappa shape index (κ3) is 1.86. The van der Waals surface area contributed by atoms with E-state index >= 15 is 0 Å². The van der Waals surface area contributed by atoms with Crippen molar-refractivity contribution in [2.24, 2.45) is 0 Å². The standard InChI is InChI=1S/C7H4BrClN2/c8-7-5(9)2-1-3-6(7)11-4-10/h1-3,11H. The number of nitrogens with zero attached hydrogens (tertiary/aromatic N) is 1. The van der Waals surface area contributed by atoms with Crippen molar-refractivity contribution >= 4 is 33.2 Å². The van der Waals surface area contributed by atoms with Gasteiger partial charge in [0.1, 0.15) is 0 Å². The summed E-state index contributed by atoms with van der Waals surface area (Å²) in [4.78, 5) is 0. The molecule has 0 saturated heterocycles. The Labute approximate surface area is 77.9 Å². The molecule has 0 aliphatic carbocycles. The largest absolute Gasteiger partial charge is 0.292 e. The summed E-state index contributed by atoms with van der Waals surface area (Å²) >= 11 is 8.99. The second kappa shape index (κ2) is 3.61. The van der Waals surface area contributed by atoms with Crippen molar-refractivity contribution in [1.29, 1.82) is 5.26 Å². The third-order valence-electron chi connectivity index (χ3n) is 1.14. The zero-order valence-corrected chi connectivity index (χ0v) is 7.78. The molecule has 1 rings (SSSR count). The molecule has 0 unspecified atom stereocenters. The molecule has 0 aliphatic heterocycles. The Kier molecular flexibility index (Phi) is 2.75. The summed E-state index contributed by atoms with van der Waals surface area (Å²) < 4.78 is 0.711. The molecule has 0 atom stereocenters. The average Bonchev–Trinajstić information content (AvgIpc) is 1.99. The van der Waals surface area contributed by atoms with Crippen LogP contribution < -0.4 is 5.32 Å². The first-order valence-electron chi connectivity index (χ1n) is 2.85. The van der Waals surface area contributed by atoms with Crippen molar-refractivity contribution < 1.29 is 0 Å². The molecule has 1 aromatic rings. The van der Waals surface area contributed by atoms with Crippen LogP contribution in [0.1, 0.15) is 0 Å². The highest BCUT2D eigenvalue weighted by Gasteiger charge is 2.00. The fraction of sp³-hybridized carbons (Fsp3) is 0. The van der Waals surface area contributed by atoms with E-state index in [0.29, 0.717) is 15.2 Å². The molecule has 1 N–H and O–H groups in total. The van der Waals surface area contributed by atoms with Gasteiger partial charge in [-0.05, 0) is 28.1 Å². The van der Waals surface area contributed by atoms with Crippen LogP contribution in [0.25, 0.3) is 0 Å². The van der Waals surface area contributed by atoms with E-state index in [1.165, 1.54) is 0 Å². The van der Waals surface area contributed by atoms with Crippen LogP contribution in [0.2, 0.25) is 5.02 Å². The molecule has 1 aromatic carbocycles. The molecule has 0 fully saturated rings. The normalized spacial score (nSPS) is 8.82. The molecule has 0 radical (unpaired) electrons. The summed E-state index contributed by atoms with van der Waals surface area (Å²) in [5.41, 5.74) is 0.681. The Morgan fingerprint density at radius 3 is 2.91 bits per heavy atom. The van der Waals surface area contributed by atoms with Gasteiger partial charge < -0.3 is 0 Å². The van der Waals surface area contributed by atoms with Crippen LogP contribution in [0.4, 0.5) is 5.69 Å². The Balaban J connectivity index is 3.08. The van der Waals surface area contributed by atoms with Crippen molar-refractivity contribution in [3.05, 3.63) is 27.7 Å². The second-order valence-corrected chi connectivity index (χ2v) is 3.04. The van der Waals surface area contributed by atoms with E-state index in [1.54, 1.807) is 18.2 Å². The van der Waals surface area contributed by atoms with Gasteiger partial charge in [-0.3, -0.25) is 5.32 Å². The molecular formula is C7H4BrClN2. The maximum atomic E-state index is 8.31. The first-order chi connectivity index (χ1) is 5.25. The van der Waals surface area contributed by atoms with Crippen LogP contribution in [-0.4, -0.2) is 0 Å². The van der Waals surface area contributed by atoms with Crippen molar-refractivity contribution in [2.75, 3.05) is 5.32 Å². The van der Waals surface area contributed by atoms with Gasteiger partial charge in [0.15, 0.2) is 6.19 Å². The van der Waals surface area contributed by atoms with Gasteiger partial charge in [-0.15, -0.1) is 0 Å². The Morgan fingerprint density at radius 1 is 1.55 bits per heavy atom. The lowest BCUT2D eigenvalue weighted by molar-refractivity contribution is 1.46. The van der Waals surface area contributed by atoms with Gasteiger partial charge in [0.25, 0.3) is 0 Å². The van der Waals surface area contributed by atoms with Crippen molar-refractivity contribution in [3.63, 3.8) is 0 Å². The smallest absolute Gasteiger partial charge is 0.181 e. The molecule has 0 spiro atoms. The highest BCUT2D eigenvalue weighted by molar-refractivity contribution is 9.10. The molecule has 0 saturated carbocycles. The van der Waals surface area contributed by atoms with Gasteiger partial charge >= 0.3 is 0 Å². The monoisotopic (exact) mass is 230 g/mol. The van der Waals surface area contributed by atoms with Crippen LogP contribution in [0.3, 0.4) is 0 Å². The first kappa shape index (κ1) is 8.38. The predicted octanol–water partition coefficient (Wildman–Crippen LogP) is 3.00. The van der Waals surface area contributed by atoms with E-state index in [0.717, 1.165) is 0 Å². The predicted molar refractivity (Wildman–Crippen MR) is 48.4 cm³/mol. The summed E-state index contributed by atoms with van der Waals surface area (Å²) in [5.74, 6) is 0. The molecule has 0 heterocycles. The fourth-order valence-corrected chi connectivity index (χ4v) is 1.20. The summed E-state index contributed by atoms with van der Waals surface area (Å²) in [6, 6.07) is 5.28. The van der Waals surface area contributed by atoms with Crippen LogP contribution in [0.5, 0.6) is 0 Å². The van der Waals surface area contributed by atoms with E-state index in [4.69, 9.17) is 16.9 Å². The summed E-state index contributed by atoms with van der Waals surface area (Å²) in [5, 5.41) is 11.4. The Hall–Kier alpha value is -0.720. The zero-order chi connectivity index (χ0) is 8.27. The van der Waals surface area contributed by atoms with Gasteiger partial charge in [-0.2, -0.15) is 5.26 Å².